The maximum absolute atomic E-state index is 13.7. The lowest BCUT2D eigenvalue weighted by molar-refractivity contribution is -0.122. The van der Waals surface area contributed by atoms with E-state index < -0.39 is 17.6 Å². The van der Waals surface area contributed by atoms with Crippen LogP contribution in [-0.4, -0.2) is 22.0 Å². The van der Waals surface area contributed by atoms with Gasteiger partial charge in [-0.15, -0.1) is 11.3 Å². The molecule has 1 aromatic heterocycles. The van der Waals surface area contributed by atoms with Crippen molar-refractivity contribution in [1.82, 2.24) is 10.3 Å². The van der Waals surface area contributed by atoms with E-state index in [1.807, 2.05) is 0 Å². The molecule has 1 aliphatic rings. The summed E-state index contributed by atoms with van der Waals surface area (Å²) in [5.41, 5.74) is 0.283. The number of carboxylic acid groups (broad SMARTS) is 1. The summed E-state index contributed by atoms with van der Waals surface area (Å²) in [5, 5.41) is 13.3. The molecule has 8 heteroatoms. The molecule has 0 bridgehead atoms. The number of carbonyl (C=O) groups is 2. The molecule has 1 fully saturated rings. The zero-order valence-electron chi connectivity index (χ0n) is 11.8. The lowest BCUT2D eigenvalue weighted by atomic mass is 10.1. The minimum atomic E-state index is -1.12. The Kier molecular flexibility index (Phi) is 4.08. The predicted octanol–water partition coefficient (Wildman–Crippen LogP) is 2.54. The van der Waals surface area contributed by atoms with Gasteiger partial charge in [-0.05, 0) is 24.0 Å². The molecule has 2 N–H and O–H groups in total. The second kappa shape index (κ2) is 6.04. The van der Waals surface area contributed by atoms with Crippen LogP contribution in [0, 0.1) is 17.6 Å². The number of carbonyl (C=O) groups excluding carboxylic acids is 1. The van der Waals surface area contributed by atoms with Crippen molar-refractivity contribution in [3.8, 4) is 0 Å². The highest BCUT2D eigenvalue weighted by Gasteiger charge is 2.45. The highest BCUT2D eigenvalue weighted by molar-refractivity contribution is 7.09. The van der Waals surface area contributed by atoms with Gasteiger partial charge in [0.25, 0.3) is 0 Å². The Labute approximate surface area is 134 Å². The van der Waals surface area contributed by atoms with Crippen molar-refractivity contribution in [3.05, 3.63) is 51.5 Å². The fourth-order valence-corrected chi connectivity index (χ4v) is 3.12. The molecule has 1 heterocycles. The number of nitrogens with zero attached hydrogens (tertiary/aromatic N) is 1. The minimum Gasteiger partial charge on any atom is -0.476 e. The Morgan fingerprint density at radius 1 is 1.39 bits per heavy atom. The summed E-state index contributed by atoms with van der Waals surface area (Å²) in [6, 6.07) is 3.35. The molecule has 3 rings (SSSR count). The smallest absolute Gasteiger partial charge is 0.355 e. The third kappa shape index (κ3) is 3.37. The van der Waals surface area contributed by atoms with Crippen molar-refractivity contribution in [1.29, 1.82) is 0 Å². The van der Waals surface area contributed by atoms with Gasteiger partial charge in [0.05, 0.1) is 6.54 Å². The van der Waals surface area contributed by atoms with Gasteiger partial charge in [0, 0.05) is 17.4 Å². The summed E-state index contributed by atoms with van der Waals surface area (Å²) in [6.45, 7) is 0.131. The fourth-order valence-electron chi connectivity index (χ4n) is 2.41. The molecule has 2 aromatic rings. The number of benzene rings is 1. The third-order valence-electron chi connectivity index (χ3n) is 3.67. The molecule has 0 aliphatic heterocycles. The van der Waals surface area contributed by atoms with E-state index in [1.165, 1.54) is 17.5 Å². The Balaban J connectivity index is 1.56. The Bertz CT molecular complexity index is 778. The Morgan fingerprint density at radius 2 is 2.17 bits per heavy atom. The van der Waals surface area contributed by atoms with Crippen LogP contribution >= 0.6 is 11.3 Å². The van der Waals surface area contributed by atoms with Crippen LogP contribution in [0.25, 0.3) is 0 Å². The van der Waals surface area contributed by atoms with Crippen LogP contribution in [0.4, 0.5) is 8.78 Å². The van der Waals surface area contributed by atoms with Gasteiger partial charge in [0.15, 0.2) is 5.69 Å². The number of rotatable bonds is 5. The molecule has 120 valence electrons. The maximum atomic E-state index is 13.7. The zero-order chi connectivity index (χ0) is 16.6. The average molecular weight is 338 g/mol. The average Bonchev–Trinajstić information content (AvgIpc) is 3.13. The van der Waals surface area contributed by atoms with Crippen LogP contribution < -0.4 is 5.32 Å². The molecule has 0 saturated heterocycles. The molecule has 0 unspecified atom stereocenters. The summed E-state index contributed by atoms with van der Waals surface area (Å²) < 4.78 is 26.6. The molecule has 0 spiro atoms. The van der Waals surface area contributed by atoms with Crippen molar-refractivity contribution >= 4 is 23.2 Å². The molecule has 5 nitrogen and oxygen atoms in total. The molecule has 1 aliphatic carbocycles. The molecule has 23 heavy (non-hydrogen) atoms. The van der Waals surface area contributed by atoms with Gasteiger partial charge < -0.3 is 10.4 Å². The number of hydrogen-bond donors (Lipinski definition) is 2. The van der Waals surface area contributed by atoms with Crippen LogP contribution in [0.1, 0.15) is 33.4 Å². The van der Waals surface area contributed by atoms with Crippen LogP contribution in [0.5, 0.6) is 0 Å². The predicted molar refractivity (Wildman–Crippen MR) is 78.1 cm³/mol. The Hall–Kier alpha value is -2.35. The number of hydrogen-bond acceptors (Lipinski definition) is 4. The number of amides is 1. The lowest BCUT2D eigenvalue weighted by Gasteiger charge is -2.04. The first kappa shape index (κ1) is 15.5. The van der Waals surface area contributed by atoms with E-state index in [0.717, 1.165) is 17.4 Å². The van der Waals surface area contributed by atoms with E-state index in [0.29, 0.717) is 17.0 Å². The number of thiazole rings is 1. The van der Waals surface area contributed by atoms with Crippen molar-refractivity contribution in [2.75, 3.05) is 0 Å². The van der Waals surface area contributed by atoms with E-state index in [-0.39, 0.29) is 30.0 Å². The highest BCUT2D eigenvalue weighted by atomic mass is 32.1. The van der Waals surface area contributed by atoms with E-state index in [9.17, 15) is 18.4 Å². The number of carboxylic acids is 1. The van der Waals surface area contributed by atoms with Gasteiger partial charge in [-0.3, -0.25) is 4.79 Å². The molecule has 2 atom stereocenters. The van der Waals surface area contributed by atoms with E-state index in [2.05, 4.69) is 10.3 Å². The Morgan fingerprint density at radius 3 is 2.83 bits per heavy atom. The first-order valence-corrected chi connectivity index (χ1v) is 7.74. The first-order chi connectivity index (χ1) is 11.0. The van der Waals surface area contributed by atoms with Crippen molar-refractivity contribution in [3.63, 3.8) is 0 Å². The maximum Gasteiger partial charge on any atom is 0.355 e. The molecular formula is C15H12F2N2O3S. The number of nitrogens with one attached hydrogen (secondary N) is 1. The van der Waals surface area contributed by atoms with Gasteiger partial charge in [-0.1, -0.05) is 6.07 Å². The van der Waals surface area contributed by atoms with Crippen LogP contribution in [0.3, 0.4) is 0 Å². The largest absolute Gasteiger partial charge is 0.476 e. The molecule has 0 radical (unpaired) electrons. The fraction of sp³-hybridized carbons (Fsp3) is 0.267. The second-order valence-corrected chi connectivity index (χ2v) is 6.21. The summed E-state index contributed by atoms with van der Waals surface area (Å²) >= 11 is 1.14. The number of halogens is 2. The highest BCUT2D eigenvalue weighted by Crippen LogP contribution is 2.48. The second-order valence-electron chi connectivity index (χ2n) is 5.26. The van der Waals surface area contributed by atoms with Crippen molar-refractivity contribution in [2.45, 2.75) is 18.9 Å². The SMILES string of the molecule is O=C(O)c1csc(CNC(=O)[C@@H]2C[C@@H]2c2ccc(F)cc2F)n1. The lowest BCUT2D eigenvalue weighted by Crippen LogP contribution is -2.25. The van der Waals surface area contributed by atoms with Gasteiger partial charge in [0.1, 0.15) is 16.6 Å². The first-order valence-electron chi connectivity index (χ1n) is 6.86. The van der Waals surface area contributed by atoms with Crippen LogP contribution in [-0.2, 0) is 11.3 Å². The molecular weight excluding hydrogens is 326 g/mol. The monoisotopic (exact) mass is 338 g/mol. The molecule has 1 aromatic carbocycles. The minimum absolute atomic E-state index is 0.0584. The molecule has 1 amide bonds. The third-order valence-corrected chi connectivity index (χ3v) is 4.52. The van der Waals surface area contributed by atoms with Crippen LogP contribution in [0.15, 0.2) is 23.6 Å². The summed E-state index contributed by atoms with van der Waals surface area (Å²) in [5.74, 6) is -3.25. The van der Waals surface area contributed by atoms with Gasteiger partial charge >= 0.3 is 5.97 Å². The number of aromatic carboxylic acids is 1. The molecule has 1 saturated carbocycles. The van der Waals surface area contributed by atoms with Crippen molar-refractivity contribution < 1.29 is 23.5 Å². The van der Waals surface area contributed by atoms with Gasteiger partial charge in [0.2, 0.25) is 5.91 Å². The van der Waals surface area contributed by atoms with E-state index in [1.54, 1.807) is 0 Å². The van der Waals surface area contributed by atoms with Gasteiger partial charge in [-0.25, -0.2) is 18.6 Å². The topological polar surface area (TPSA) is 79.3 Å². The number of aromatic nitrogens is 1. The normalized spacial score (nSPS) is 19.4. The van der Waals surface area contributed by atoms with E-state index in [4.69, 9.17) is 5.11 Å². The standard InChI is InChI=1S/C15H12F2N2O3S/c16-7-1-2-8(11(17)3-7)9-4-10(9)14(20)18-5-13-19-12(6-23-13)15(21)22/h1-3,6,9-10H,4-5H2,(H,18,20)(H,21,22)/t9-,10-/m1/s1. The summed E-state index contributed by atoms with van der Waals surface area (Å²) in [6.07, 6.45) is 0.507. The van der Waals surface area contributed by atoms with Crippen LogP contribution in [0.2, 0.25) is 0 Å². The zero-order valence-corrected chi connectivity index (χ0v) is 12.6. The summed E-state index contributed by atoms with van der Waals surface area (Å²) in [7, 11) is 0. The van der Waals surface area contributed by atoms with E-state index >= 15 is 0 Å². The van der Waals surface area contributed by atoms with Gasteiger partial charge in [-0.2, -0.15) is 0 Å². The summed E-state index contributed by atoms with van der Waals surface area (Å²) in [4.78, 5) is 26.6. The quantitative estimate of drug-likeness (QED) is 0.878. The van der Waals surface area contributed by atoms with Crippen molar-refractivity contribution in [2.24, 2.45) is 5.92 Å².